The highest BCUT2D eigenvalue weighted by Crippen LogP contribution is 2.17. The third-order valence-corrected chi connectivity index (χ3v) is 2.57. The summed E-state index contributed by atoms with van der Waals surface area (Å²) in [4.78, 5) is 3.91. The van der Waals surface area contributed by atoms with Crippen molar-refractivity contribution in [2.24, 2.45) is 4.99 Å². The Hall–Kier alpha value is -1.63. The monoisotopic (exact) mass is 213 g/mol. The fourth-order valence-electron chi connectivity index (χ4n) is 1.41. The summed E-state index contributed by atoms with van der Waals surface area (Å²) in [5.74, 6) is 0. The Bertz CT molecular complexity index is 425. The zero-order valence-electron chi connectivity index (χ0n) is 10.3. The van der Waals surface area contributed by atoms with E-state index in [1.165, 1.54) is 16.7 Å². The number of aliphatic imine (C=N–C) groups is 1. The molecule has 0 aromatic heterocycles. The number of nitrogens with zero attached hydrogens (tertiary/aromatic N) is 1. The number of rotatable bonds is 4. The molecule has 0 amide bonds. The molecule has 1 heteroatoms. The lowest BCUT2D eigenvalue weighted by atomic mass is 10.0. The maximum Gasteiger partial charge on any atom is 0.0371 e. The third-order valence-electron chi connectivity index (χ3n) is 2.57. The van der Waals surface area contributed by atoms with Gasteiger partial charge in [-0.15, -0.1) is 0 Å². The van der Waals surface area contributed by atoms with Gasteiger partial charge in [-0.05, 0) is 44.2 Å². The smallest absolute Gasteiger partial charge is 0.0371 e. The molecule has 1 rings (SSSR count). The van der Waals surface area contributed by atoms with Crippen LogP contribution in [0, 0.1) is 0 Å². The van der Waals surface area contributed by atoms with E-state index in [-0.39, 0.29) is 0 Å². The van der Waals surface area contributed by atoms with E-state index in [9.17, 15) is 0 Å². The molecule has 0 aliphatic rings. The first-order chi connectivity index (χ1) is 7.67. The van der Waals surface area contributed by atoms with Gasteiger partial charge >= 0.3 is 0 Å². The molecule has 0 fully saturated rings. The summed E-state index contributed by atoms with van der Waals surface area (Å²) < 4.78 is 0. The highest BCUT2D eigenvalue weighted by atomic mass is 14.7. The van der Waals surface area contributed by atoms with E-state index >= 15 is 0 Å². The topological polar surface area (TPSA) is 12.4 Å². The van der Waals surface area contributed by atoms with Gasteiger partial charge in [-0.1, -0.05) is 42.8 Å². The van der Waals surface area contributed by atoms with E-state index in [1.807, 2.05) is 13.0 Å². The second kappa shape index (κ2) is 6.06. The number of allylic oxidation sites excluding steroid dienone is 2. The van der Waals surface area contributed by atoms with Crippen molar-refractivity contribution in [3.05, 3.63) is 46.7 Å². The summed E-state index contributed by atoms with van der Waals surface area (Å²) in [5, 5.41) is 0. The standard InChI is InChI=1S/C15H19N/c1-5-12(2)10-14-8-6-7-9-15(14)11-13(3)16-4/h6-11H,4-5H2,1-3H3/b12-10+,13-11+. The van der Waals surface area contributed by atoms with Crippen LogP contribution in [0.15, 0.2) is 40.5 Å². The van der Waals surface area contributed by atoms with Gasteiger partial charge in [0.05, 0.1) is 0 Å². The van der Waals surface area contributed by atoms with Gasteiger partial charge < -0.3 is 0 Å². The summed E-state index contributed by atoms with van der Waals surface area (Å²) in [6.07, 6.45) is 5.36. The van der Waals surface area contributed by atoms with Crippen LogP contribution in [0.25, 0.3) is 12.2 Å². The van der Waals surface area contributed by atoms with Gasteiger partial charge in [0.25, 0.3) is 0 Å². The molecule has 1 aromatic rings. The van der Waals surface area contributed by atoms with Crippen LogP contribution < -0.4 is 0 Å². The van der Waals surface area contributed by atoms with Crippen LogP contribution in [0.5, 0.6) is 0 Å². The van der Waals surface area contributed by atoms with E-state index in [1.54, 1.807) is 0 Å². The minimum absolute atomic E-state index is 0.940. The summed E-state index contributed by atoms with van der Waals surface area (Å²) in [6, 6.07) is 8.33. The van der Waals surface area contributed by atoms with Gasteiger partial charge in [0.2, 0.25) is 0 Å². The fourth-order valence-corrected chi connectivity index (χ4v) is 1.41. The van der Waals surface area contributed by atoms with Gasteiger partial charge in [-0.25, -0.2) is 0 Å². The van der Waals surface area contributed by atoms with Crippen molar-refractivity contribution in [2.45, 2.75) is 27.2 Å². The number of hydrogen-bond donors (Lipinski definition) is 0. The molecule has 0 spiro atoms. The molecule has 1 aromatic carbocycles. The summed E-state index contributed by atoms with van der Waals surface area (Å²) in [6.45, 7) is 9.81. The predicted octanol–water partition coefficient (Wildman–Crippen LogP) is 4.56. The van der Waals surface area contributed by atoms with Crippen LogP contribution in [-0.2, 0) is 0 Å². The second-order valence-electron chi connectivity index (χ2n) is 3.92. The van der Waals surface area contributed by atoms with Crippen molar-refractivity contribution in [2.75, 3.05) is 0 Å². The van der Waals surface area contributed by atoms with Gasteiger partial charge in [0.1, 0.15) is 0 Å². The lowest BCUT2D eigenvalue weighted by Crippen LogP contribution is -1.82. The van der Waals surface area contributed by atoms with Crippen molar-refractivity contribution in [1.82, 2.24) is 0 Å². The zero-order valence-corrected chi connectivity index (χ0v) is 10.3. The summed E-state index contributed by atoms with van der Waals surface area (Å²) >= 11 is 0. The molecule has 1 nitrogen and oxygen atoms in total. The van der Waals surface area contributed by atoms with Crippen molar-refractivity contribution in [1.29, 1.82) is 0 Å². The molecule has 0 aliphatic heterocycles. The van der Waals surface area contributed by atoms with Gasteiger partial charge in [0, 0.05) is 5.70 Å². The summed E-state index contributed by atoms with van der Waals surface area (Å²) in [5.41, 5.74) is 4.75. The van der Waals surface area contributed by atoms with E-state index in [4.69, 9.17) is 0 Å². The average Bonchev–Trinajstić information content (AvgIpc) is 2.31. The molecule has 0 atom stereocenters. The molecule has 0 bridgehead atoms. The van der Waals surface area contributed by atoms with Crippen molar-refractivity contribution in [3.63, 3.8) is 0 Å². The molecular weight excluding hydrogens is 194 g/mol. The van der Waals surface area contributed by atoms with Crippen LogP contribution in [0.2, 0.25) is 0 Å². The Morgan fingerprint density at radius 1 is 1.19 bits per heavy atom. The van der Waals surface area contributed by atoms with E-state index in [0.29, 0.717) is 0 Å². The molecule has 16 heavy (non-hydrogen) atoms. The quantitative estimate of drug-likeness (QED) is 0.650. The van der Waals surface area contributed by atoms with Crippen LogP contribution in [-0.4, -0.2) is 6.72 Å². The second-order valence-corrected chi connectivity index (χ2v) is 3.92. The van der Waals surface area contributed by atoms with Crippen molar-refractivity contribution in [3.8, 4) is 0 Å². The van der Waals surface area contributed by atoms with E-state index in [2.05, 4.69) is 55.9 Å². The lowest BCUT2D eigenvalue weighted by Gasteiger charge is -2.03. The van der Waals surface area contributed by atoms with E-state index in [0.717, 1.165) is 12.1 Å². The highest BCUT2D eigenvalue weighted by molar-refractivity contribution is 5.67. The molecule has 0 aliphatic carbocycles. The molecule has 0 saturated carbocycles. The first-order valence-electron chi connectivity index (χ1n) is 5.58. The molecule has 0 N–H and O–H groups in total. The average molecular weight is 213 g/mol. The molecule has 0 unspecified atom stereocenters. The molecule has 84 valence electrons. The highest BCUT2D eigenvalue weighted by Gasteiger charge is 1.96. The lowest BCUT2D eigenvalue weighted by molar-refractivity contribution is 1.11. The maximum absolute atomic E-state index is 3.91. The SMILES string of the molecule is C=N/C(C)=C/c1ccccc1/C=C(\C)CC. The third kappa shape index (κ3) is 3.50. The molecule has 0 saturated heterocycles. The molecule has 0 heterocycles. The Morgan fingerprint density at radius 2 is 1.75 bits per heavy atom. The summed E-state index contributed by atoms with van der Waals surface area (Å²) in [7, 11) is 0. The van der Waals surface area contributed by atoms with E-state index < -0.39 is 0 Å². The zero-order chi connectivity index (χ0) is 12.0. The minimum Gasteiger partial charge on any atom is -0.269 e. The van der Waals surface area contributed by atoms with Crippen LogP contribution >= 0.6 is 0 Å². The predicted molar refractivity (Wildman–Crippen MR) is 73.6 cm³/mol. The van der Waals surface area contributed by atoms with Crippen LogP contribution in [0.4, 0.5) is 0 Å². The maximum atomic E-state index is 3.91. The van der Waals surface area contributed by atoms with Crippen molar-refractivity contribution < 1.29 is 0 Å². The minimum atomic E-state index is 0.940. The largest absolute Gasteiger partial charge is 0.269 e. The Kier molecular flexibility index (Phi) is 4.71. The van der Waals surface area contributed by atoms with Gasteiger partial charge in [0.15, 0.2) is 0 Å². The Morgan fingerprint density at radius 3 is 2.25 bits per heavy atom. The first-order valence-corrected chi connectivity index (χ1v) is 5.58. The normalized spacial score (nSPS) is 12.7. The van der Waals surface area contributed by atoms with Crippen molar-refractivity contribution >= 4 is 18.9 Å². The number of hydrogen-bond acceptors (Lipinski definition) is 1. The Balaban J connectivity index is 3.15. The molecule has 0 radical (unpaired) electrons. The molecular formula is C15H19N. The van der Waals surface area contributed by atoms with Crippen LogP contribution in [0.3, 0.4) is 0 Å². The first kappa shape index (κ1) is 12.4. The van der Waals surface area contributed by atoms with Crippen LogP contribution in [0.1, 0.15) is 38.3 Å². The van der Waals surface area contributed by atoms with Gasteiger partial charge in [-0.3, -0.25) is 4.99 Å². The van der Waals surface area contributed by atoms with Gasteiger partial charge in [-0.2, -0.15) is 0 Å². The fraction of sp³-hybridized carbons (Fsp3) is 0.267. The Labute approximate surface area is 98.2 Å². The number of benzene rings is 1.